The lowest BCUT2D eigenvalue weighted by molar-refractivity contribution is -0.116. The van der Waals surface area contributed by atoms with Crippen LogP contribution in [0.5, 0.6) is 11.5 Å². The molecule has 2 N–H and O–H groups in total. The Hall–Kier alpha value is -2.24. The first-order valence-corrected chi connectivity index (χ1v) is 8.39. The molecule has 0 radical (unpaired) electrons. The van der Waals surface area contributed by atoms with Crippen LogP contribution in [0.2, 0.25) is 5.02 Å². The molecule has 0 saturated heterocycles. The zero-order chi connectivity index (χ0) is 18.2. The number of nitrogens with one attached hydrogen (secondary N) is 2. The number of carbonyl (C=O) groups excluding carboxylic acids is 1. The van der Waals surface area contributed by atoms with E-state index in [2.05, 4.69) is 29.7 Å². The summed E-state index contributed by atoms with van der Waals surface area (Å²) >= 11 is 6.06. The number of carbonyl (C=O) groups is 1. The van der Waals surface area contributed by atoms with Gasteiger partial charge < -0.3 is 20.1 Å². The molecule has 0 heterocycles. The average Bonchev–Trinajstić information content (AvgIpc) is 2.61. The third kappa shape index (κ3) is 5.37. The van der Waals surface area contributed by atoms with Crippen molar-refractivity contribution in [2.75, 3.05) is 26.1 Å². The van der Waals surface area contributed by atoms with Crippen molar-refractivity contribution in [3.05, 3.63) is 52.5 Å². The van der Waals surface area contributed by atoms with Crippen LogP contribution in [0, 0.1) is 6.92 Å². The minimum Gasteiger partial charge on any atom is -0.495 e. The van der Waals surface area contributed by atoms with Gasteiger partial charge >= 0.3 is 0 Å². The molecular formula is C19H23ClN2O3. The van der Waals surface area contributed by atoms with Crippen molar-refractivity contribution in [3.63, 3.8) is 0 Å². The van der Waals surface area contributed by atoms with Crippen LogP contribution in [0.1, 0.15) is 17.5 Å². The number of hydrogen-bond acceptors (Lipinski definition) is 4. The van der Waals surface area contributed by atoms with Gasteiger partial charge in [0.1, 0.15) is 11.5 Å². The van der Waals surface area contributed by atoms with E-state index in [-0.39, 0.29) is 5.91 Å². The molecule has 5 nitrogen and oxygen atoms in total. The third-order valence-electron chi connectivity index (χ3n) is 3.85. The molecule has 0 spiro atoms. The topological polar surface area (TPSA) is 59.6 Å². The van der Waals surface area contributed by atoms with E-state index in [9.17, 15) is 4.79 Å². The first kappa shape index (κ1) is 19.1. The summed E-state index contributed by atoms with van der Waals surface area (Å²) in [6, 6.07) is 11.4. The Kier molecular flexibility index (Phi) is 7.10. The maximum Gasteiger partial charge on any atom is 0.225 e. The standard InChI is InChI=1S/C19H23ClN2O3/c1-13-6-4-5-7-14(13)12-21-9-8-19(23)22-16-11-17(24-2)15(20)10-18(16)25-3/h4-7,10-11,21H,8-9,12H2,1-3H3,(H,22,23). The molecule has 2 aromatic carbocycles. The van der Waals surface area contributed by atoms with Crippen molar-refractivity contribution in [2.45, 2.75) is 19.9 Å². The molecular weight excluding hydrogens is 340 g/mol. The lowest BCUT2D eigenvalue weighted by atomic mass is 10.1. The fourth-order valence-corrected chi connectivity index (χ4v) is 2.64. The quantitative estimate of drug-likeness (QED) is 0.701. The summed E-state index contributed by atoms with van der Waals surface area (Å²) < 4.78 is 10.4. The van der Waals surface area contributed by atoms with Crippen LogP contribution in [0.15, 0.2) is 36.4 Å². The number of halogens is 1. The first-order valence-electron chi connectivity index (χ1n) is 8.01. The summed E-state index contributed by atoms with van der Waals surface area (Å²) in [5.41, 5.74) is 3.00. The van der Waals surface area contributed by atoms with Crippen LogP contribution in [-0.4, -0.2) is 26.7 Å². The zero-order valence-corrected chi connectivity index (χ0v) is 15.4. The number of anilines is 1. The smallest absolute Gasteiger partial charge is 0.225 e. The molecule has 134 valence electrons. The van der Waals surface area contributed by atoms with Crippen LogP contribution < -0.4 is 20.1 Å². The Bertz CT molecular complexity index is 735. The molecule has 0 atom stereocenters. The fraction of sp³-hybridized carbons (Fsp3) is 0.316. The molecule has 25 heavy (non-hydrogen) atoms. The molecule has 0 fully saturated rings. The largest absolute Gasteiger partial charge is 0.495 e. The Morgan fingerprint density at radius 3 is 2.52 bits per heavy atom. The minimum atomic E-state index is -0.111. The fourth-order valence-electron chi connectivity index (χ4n) is 2.40. The average molecular weight is 363 g/mol. The molecule has 0 aliphatic heterocycles. The summed E-state index contributed by atoms with van der Waals surface area (Å²) in [7, 11) is 3.05. The molecule has 0 aliphatic rings. The van der Waals surface area contributed by atoms with Crippen molar-refractivity contribution >= 4 is 23.2 Å². The Morgan fingerprint density at radius 2 is 1.84 bits per heavy atom. The molecule has 0 bridgehead atoms. The summed E-state index contributed by atoms with van der Waals surface area (Å²) in [6.07, 6.45) is 0.347. The van der Waals surface area contributed by atoms with E-state index < -0.39 is 0 Å². The van der Waals surface area contributed by atoms with Crippen molar-refractivity contribution in [2.24, 2.45) is 0 Å². The summed E-state index contributed by atoms with van der Waals surface area (Å²) in [4.78, 5) is 12.2. The van der Waals surface area contributed by atoms with Gasteiger partial charge in [0.2, 0.25) is 5.91 Å². The van der Waals surface area contributed by atoms with E-state index in [0.29, 0.717) is 35.2 Å². The highest BCUT2D eigenvalue weighted by Crippen LogP contribution is 2.35. The van der Waals surface area contributed by atoms with Gasteiger partial charge in [0.05, 0.1) is 24.9 Å². The summed E-state index contributed by atoms with van der Waals surface area (Å²) in [6.45, 7) is 3.38. The highest BCUT2D eigenvalue weighted by atomic mass is 35.5. The lowest BCUT2D eigenvalue weighted by Crippen LogP contribution is -2.22. The predicted molar refractivity (Wildman–Crippen MR) is 101 cm³/mol. The van der Waals surface area contributed by atoms with Crippen molar-refractivity contribution in [1.82, 2.24) is 5.32 Å². The van der Waals surface area contributed by atoms with Crippen LogP contribution in [0.3, 0.4) is 0 Å². The van der Waals surface area contributed by atoms with Crippen LogP contribution in [0.4, 0.5) is 5.69 Å². The third-order valence-corrected chi connectivity index (χ3v) is 4.15. The van der Waals surface area contributed by atoms with E-state index >= 15 is 0 Å². The van der Waals surface area contributed by atoms with Gasteiger partial charge in [-0.25, -0.2) is 0 Å². The van der Waals surface area contributed by atoms with E-state index in [0.717, 1.165) is 6.54 Å². The van der Waals surface area contributed by atoms with Crippen molar-refractivity contribution in [3.8, 4) is 11.5 Å². The van der Waals surface area contributed by atoms with E-state index in [1.165, 1.54) is 25.3 Å². The molecule has 2 rings (SSSR count). The van der Waals surface area contributed by atoms with Crippen molar-refractivity contribution in [1.29, 1.82) is 0 Å². The number of methoxy groups -OCH3 is 2. The summed E-state index contributed by atoms with van der Waals surface area (Å²) in [5, 5.41) is 6.54. The summed E-state index contributed by atoms with van der Waals surface area (Å²) in [5.74, 6) is 0.863. The molecule has 0 unspecified atom stereocenters. The number of ether oxygens (including phenoxy) is 2. The maximum atomic E-state index is 12.2. The monoisotopic (exact) mass is 362 g/mol. The predicted octanol–water partition coefficient (Wildman–Crippen LogP) is 3.78. The van der Waals surface area contributed by atoms with E-state index in [1.54, 1.807) is 12.1 Å². The second-order valence-electron chi connectivity index (χ2n) is 5.59. The van der Waals surface area contributed by atoms with Crippen LogP contribution in [0.25, 0.3) is 0 Å². The van der Waals surface area contributed by atoms with Gasteiger partial charge in [0.15, 0.2) is 0 Å². The van der Waals surface area contributed by atoms with Crippen LogP contribution in [-0.2, 0) is 11.3 Å². The van der Waals surface area contributed by atoms with Gasteiger partial charge in [0, 0.05) is 31.6 Å². The number of benzene rings is 2. The number of aryl methyl sites for hydroxylation is 1. The molecule has 1 amide bonds. The second kappa shape index (κ2) is 9.30. The SMILES string of the molecule is COc1cc(NC(=O)CCNCc2ccccc2C)c(OC)cc1Cl. The highest BCUT2D eigenvalue weighted by Gasteiger charge is 2.12. The zero-order valence-electron chi connectivity index (χ0n) is 14.7. The van der Waals surface area contributed by atoms with Gasteiger partial charge in [-0.05, 0) is 18.1 Å². The van der Waals surface area contributed by atoms with E-state index in [4.69, 9.17) is 21.1 Å². The minimum absolute atomic E-state index is 0.111. The first-order chi connectivity index (χ1) is 12.0. The second-order valence-corrected chi connectivity index (χ2v) is 6.00. The number of rotatable bonds is 8. The molecule has 0 aliphatic carbocycles. The normalized spacial score (nSPS) is 10.4. The van der Waals surface area contributed by atoms with Gasteiger partial charge in [-0.3, -0.25) is 4.79 Å². The maximum absolute atomic E-state index is 12.2. The highest BCUT2D eigenvalue weighted by molar-refractivity contribution is 6.32. The van der Waals surface area contributed by atoms with Gasteiger partial charge in [-0.15, -0.1) is 0 Å². The van der Waals surface area contributed by atoms with Gasteiger partial charge in [-0.1, -0.05) is 35.9 Å². The van der Waals surface area contributed by atoms with Gasteiger partial charge in [-0.2, -0.15) is 0 Å². The molecule has 0 saturated carbocycles. The Morgan fingerprint density at radius 1 is 1.12 bits per heavy atom. The van der Waals surface area contributed by atoms with Crippen molar-refractivity contribution < 1.29 is 14.3 Å². The molecule has 6 heteroatoms. The molecule has 2 aromatic rings. The lowest BCUT2D eigenvalue weighted by Gasteiger charge is -2.13. The van der Waals surface area contributed by atoms with E-state index in [1.807, 2.05) is 12.1 Å². The number of amides is 1. The Labute approximate surface area is 153 Å². The number of hydrogen-bond donors (Lipinski definition) is 2. The van der Waals surface area contributed by atoms with Crippen LogP contribution >= 0.6 is 11.6 Å². The Balaban J connectivity index is 1.87. The molecule has 0 aromatic heterocycles. The van der Waals surface area contributed by atoms with Gasteiger partial charge in [0.25, 0.3) is 0 Å².